The van der Waals surface area contributed by atoms with Crippen molar-refractivity contribution in [3.05, 3.63) is 0 Å². The van der Waals surface area contributed by atoms with Crippen molar-refractivity contribution in [1.82, 2.24) is 0 Å². The van der Waals surface area contributed by atoms with Crippen LogP contribution in [0.2, 0.25) is 0 Å². The smallest absolute Gasteiger partial charge is 0.249 e. The van der Waals surface area contributed by atoms with Crippen LogP contribution in [0.5, 0.6) is 0 Å². The first-order valence-corrected chi connectivity index (χ1v) is 3.90. The third-order valence-corrected chi connectivity index (χ3v) is 2.10. The minimum absolute atomic E-state index is 0.127. The molecule has 0 bridgehead atoms. The number of rotatable bonds is 1. The average Bonchev–Trinajstić information content (AvgIpc) is 2.43. The number of nitrogens with two attached hydrogens (primary N) is 1. The van der Waals surface area contributed by atoms with Gasteiger partial charge in [-0.15, -0.1) is 0 Å². The van der Waals surface area contributed by atoms with E-state index in [4.69, 9.17) is 19.9 Å². The Kier molecular flexibility index (Phi) is 1.79. The van der Waals surface area contributed by atoms with Crippen LogP contribution in [0.3, 0.4) is 0 Å². The van der Waals surface area contributed by atoms with Gasteiger partial charge in [-0.2, -0.15) is 0 Å². The van der Waals surface area contributed by atoms with Crippen molar-refractivity contribution in [2.75, 3.05) is 6.61 Å². The highest BCUT2D eigenvalue weighted by Gasteiger charge is 2.47. The Balaban J connectivity index is 2.08. The molecule has 2 saturated heterocycles. The lowest BCUT2D eigenvalue weighted by Crippen LogP contribution is -2.38. The molecule has 2 heterocycles. The fourth-order valence-electron chi connectivity index (χ4n) is 1.60. The second kappa shape index (κ2) is 2.69. The highest BCUT2D eigenvalue weighted by molar-refractivity contribution is 5.80. The molecule has 4 unspecified atom stereocenters. The molecule has 0 aliphatic carbocycles. The van der Waals surface area contributed by atoms with E-state index in [9.17, 15) is 4.79 Å². The van der Waals surface area contributed by atoms with E-state index < -0.39 is 12.0 Å². The van der Waals surface area contributed by atoms with Crippen molar-refractivity contribution in [3.8, 4) is 0 Å². The van der Waals surface area contributed by atoms with Crippen LogP contribution in [0.25, 0.3) is 0 Å². The van der Waals surface area contributed by atoms with Gasteiger partial charge in [0.25, 0.3) is 0 Å². The molecule has 12 heavy (non-hydrogen) atoms. The first-order chi connectivity index (χ1) is 5.68. The second-order valence-corrected chi connectivity index (χ2v) is 3.00. The van der Waals surface area contributed by atoms with Crippen LogP contribution < -0.4 is 5.73 Å². The third-order valence-electron chi connectivity index (χ3n) is 2.10. The molecule has 0 spiro atoms. The highest BCUT2D eigenvalue weighted by atomic mass is 16.8. The van der Waals surface area contributed by atoms with Crippen LogP contribution in [0.4, 0.5) is 0 Å². The molecular formula is C7H11NO4. The van der Waals surface area contributed by atoms with Crippen LogP contribution in [-0.2, 0) is 19.0 Å². The number of primary amides is 1. The Morgan fingerprint density at radius 2 is 2.25 bits per heavy atom. The number of fused-ring (bicyclic) bond motifs is 1. The zero-order valence-corrected chi connectivity index (χ0v) is 6.73. The van der Waals surface area contributed by atoms with Gasteiger partial charge in [0, 0.05) is 0 Å². The summed E-state index contributed by atoms with van der Waals surface area (Å²) in [5.41, 5.74) is 5.10. The van der Waals surface area contributed by atoms with Gasteiger partial charge in [0.1, 0.15) is 12.2 Å². The molecule has 2 aliphatic heterocycles. The fraction of sp³-hybridized carbons (Fsp3) is 0.857. The Morgan fingerprint density at radius 3 is 2.92 bits per heavy atom. The Bertz CT molecular complexity index is 208. The summed E-state index contributed by atoms with van der Waals surface area (Å²) < 4.78 is 15.7. The largest absolute Gasteiger partial charge is 0.367 e. The minimum atomic E-state index is -0.639. The average molecular weight is 173 g/mol. The zero-order chi connectivity index (χ0) is 8.72. The molecule has 0 aromatic heterocycles. The van der Waals surface area contributed by atoms with E-state index in [-0.39, 0.29) is 18.5 Å². The van der Waals surface area contributed by atoms with Crippen molar-refractivity contribution in [1.29, 1.82) is 0 Å². The van der Waals surface area contributed by atoms with Crippen LogP contribution >= 0.6 is 0 Å². The van der Waals surface area contributed by atoms with E-state index in [1.54, 1.807) is 6.92 Å². The van der Waals surface area contributed by atoms with Gasteiger partial charge in [0.2, 0.25) is 5.91 Å². The van der Waals surface area contributed by atoms with Gasteiger partial charge in [-0.3, -0.25) is 4.79 Å². The van der Waals surface area contributed by atoms with E-state index in [0.29, 0.717) is 6.61 Å². The predicted molar refractivity (Wildman–Crippen MR) is 38.1 cm³/mol. The lowest BCUT2D eigenvalue weighted by Gasteiger charge is -2.12. The maximum absolute atomic E-state index is 10.8. The van der Waals surface area contributed by atoms with Crippen molar-refractivity contribution < 1.29 is 19.0 Å². The summed E-state index contributed by atoms with van der Waals surface area (Å²) in [4.78, 5) is 10.8. The van der Waals surface area contributed by atoms with E-state index in [0.717, 1.165) is 0 Å². The van der Waals surface area contributed by atoms with E-state index >= 15 is 0 Å². The summed E-state index contributed by atoms with van der Waals surface area (Å²) in [5, 5.41) is 0. The lowest BCUT2D eigenvalue weighted by molar-refractivity contribution is -0.138. The molecule has 2 fully saturated rings. The summed E-state index contributed by atoms with van der Waals surface area (Å²) in [6.45, 7) is 2.18. The van der Waals surface area contributed by atoms with Crippen molar-refractivity contribution in [2.24, 2.45) is 5.73 Å². The topological polar surface area (TPSA) is 70.8 Å². The molecule has 4 atom stereocenters. The number of ether oxygens (including phenoxy) is 3. The first-order valence-electron chi connectivity index (χ1n) is 3.90. The lowest BCUT2D eigenvalue weighted by atomic mass is 10.1. The van der Waals surface area contributed by atoms with Crippen molar-refractivity contribution >= 4 is 5.91 Å². The highest BCUT2D eigenvalue weighted by Crippen LogP contribution is 2.28. The molecule has 1 amide bonds. The number of hydrogen-bond donors (Lipinski definition) is 1. The van der Waals surface area contributed by atoms with Gasteiger partial charge in [0.15, 0.2) is 12.4 Å². The van der Waals surface area contributed by atoms with Crippen molar-refractivity contribution in [2.45, 2.75) is 31.5 Å². The SMILES string of the molecule is CC1OC2COC(C(N)=O)C2O1. The van der Waals surface area contributed by atoms with E-state index in [1.165, 1.54) is 0 Å². The minimum Gasteiger partial charge on any atom is -0.367 e. The normalized spacial score (nSPS) is 46.1. The monoisotopic (exact) mass is 173 g/mol. The number of carbonyl (C=O) groups excluding carboxylic acids is 1. The van der Waals surface area contributed by atoms with Crippen LogP contribution in [0, 0.1) is 0 Å². The predicted octanol–water partition coefficient (Wildman–Crippen LogP) is -0.999. The molecule has 2 N–H and O–H groups in total. The zero-order valence-electron chi connectivity index (χ0n) is 6.73. The number of hydrogen-bond acceptors (Lipinski definition) is 4. The van der Waals surface area contributed by atoms with Crippen LogP contribution in [0.1, 0.15) is 6.92 Å². The fourth-order valence-corrected chi connectivity index (χ4v) is 1.60. The molecule has 0 aromatic carbocycles. The number of amides is 1. The maximum atomic E-state index is 10.8. The van der Waals surface area contributed by atoms with Crippen LogP contribution in [-0.4, -0.2) is 37.1 Å². The Labute approximate surface area is 69.8 Å². The maximum Gasteiger partial charge on any atom is 0.249 e. The van der Waals surface area contributed by atoms with Crippen molar-refractivity contribution in [3.63, 3.8) is 0 Å². The van der Waals surface area contributed by atoms with Gasteiger partial charge in [0.05, 0.1) is 6.61 Å². The molecule has 2 rings (SSSR count). The van der Waals surface area contributed by atoms with E-state index in [1.807, 2.05) is 0 Å². The molecular weight excluding hydrogens is 162 g/mol. The summed E-state index contributed by atoms with van der Waals surface area (Å²) >= 11 is 0. The van der Waals surface area contributed by atoms with Gasteiger partial charge in [-0.25, -0.2) is 0 Å². The summed E-state index contributed by atoms with van der Waals surface area (Å²) in [6, 6.07) is 0. The summed E-state index contributed by atoms with van der Waals surface area (Å²) in [7, 11) is 0. The van der Waals surface area contributed by atoms with Gasteiger partial charge >= 0.3 is 0 Å². The standard InChI is InChI=1S/C7H11NO4/c1-3-11-4-2-10-6(7(8)9)5(4)12-3/h3-6H,2H2,1H3,(H2,8,9). The molecule has 0 radical (unpaired) electrons. The van der Waals surface area contributed by atoms with Crippen LogP contribution in [0.15, 0.2) is 0 Å². The van der Waals surface area contributed by atoms with Gasteiger partial charge in [-0.1, -0.05) is 0 Å². The van der Waals surface area contributed by atoms with Gasteiger partial charge < -0.3 is 19.9 Å². The summed E-state index contributed by atoms with van der Waals surface area (Å²) in [5.74, 6) is -0.486. The molecule has 68 valence electrons. The molecule has 2 aliphatic rings. The summed E-state index contributed by atoms with van der Waals surface area (Å²) in [6.07, 6.45) is -1.33. The molecule has 0 saturated carbocycles. The molecule has 5 nitrogen and oxygen atoms in total. The van der Waals surface area contributed by atoms with E-state index in [2.05, 4.69) is 0 Å². The third kappa shape index (κ3) is 1.10. The Hall–Kier alpha value is -0.650. The number of carbonyl (C=O) groups is 1. The quantitative estimate of drug-likeness (QED) is 0.552. The molecule has 5 heteroatoms. The van der Waals surface area contributed by atoms with Gasteiger partial charge in [-0.05, 0) is 6.92 Å². The first kappa shape index (κ1) is 7.97. The Morgan fingerprint density at radius 1 is 1.50 bits per heavy atom. The second-order valence-electron chi connectivity index (χ2n) is 3.00. The molecule has 0 aromatic rings.